The van der Waals surface area contributed by atoms with Gasteiger partial charge in [-0.2, -0.15) is 0 Å². The van der Waals surface area contributed by atoms with Gasteiger partial charge in [0, 0.05) is 19.0 Å². The van der Waals surface area contributed by atoms with Gasteiger partial charge in [0.15, 0.2) is 5.78 Å². The van der Waals surface area contributed by atoms with Crippen molar-refractivity contribution in [3.8, 4) is 0 Å². The van der Waals surface area contributed by atoms with E-state index in [0.29, 0.717) is 11.7 Å². The van der Waals surface area contributed by atoms with Gasteiger partial charge in [-0.05, 0) is 0 Å². The second kappa shape index (κ2) is 0.892. The van der Waals surface area contributed by atoms with E-state index in [9.17, 15) is 4.79 Å². The summed E-state index contributed by atoms with van der Waals surface area (Å²) in [6.07, 6.45) is 0. The maximum Gasteiger partial charge on any atom is 0.152 e. The molecule has 7 heavy (non-hydrogen) atoms. The predicted octanol–water partition coefficient (Wildman–Crippen LogP) is -0.499. The Morgan fingerprint density at radius 1 is 1.57 bits per heavy atom. The van der Waals surface area contributed by atoms with Crippen molar-refractivity contribution in [1.82, 2.24) is 4.90 Å². The van der Waals surface area contributed by atoms with Crippen molar-refractivity contribution >= 4 is 5.78 Å². The van der Waals surface area contributed by atoms with Crippen LogP contribution in [-0.2, 0) is 4.79 Å². The summed E-state index contributed by atoms with van der Waals surface area (Å²) in [7, 11) is 0. The quantitative estimate of drug-likeness (QED) is 0.406. The number of ketones is 1. The number of hydrogen-bond donors (Lipinski definition) is 0. The van der Waals surface area contributed by atoms with E-state index in [4.69, 9.17) is 0 Å². The Morgan fingerprint density at radius 2 is 2.29 bits per heavy atom. The molecule has 0 aliphatic carbocycles. The molecule has 0 unspecified atom stereocenters. The molecular weight excluding hydrogens is 90.1 g/mol. The standard InChI is InChI=1S/C5H7NO/c7-5-3-6-1-4(5)2-6/h4H,1-3H2. The zero-order chi connectivity index (χ0) is 4.85. The van der Waals surface area contributed by atoms with Crippen molar-refractivity contribution in [3.63, 3.8) is 0 Å². The summed E-state index contributed by atoms with van der Waals surface area (Å²) >= 11 is 0. The molecule has 0 spiro atoms. The van der Waals surface area contributed by atoms with Crippen molar-refractivity contribution in [2.24, 2.45) is 5.92 Å². The van der Waals surface area contributed by atoms with Gasteiger partial charge in [0.2, 0.25) is 0 Å². The van der Waals surface area contributed by atoms with Crippen LogP contribution in [0.1, 0.15) is 0 Å². The SMILES string of the molecule is O=C1CN2CC1C2. The Balaban J connectivity index is 2.27. The third-order valence-electron chi connectivity index (χ3n) is 1.79. The molecule has 2 heteroatoms. The van der Waals surface area contributed by atoms with Crippen LogP contribution in [0.25, 0.3) is 0 Å². The molecular formula is C5H7NO. The number of rotatable bonds is 0. The minimum atomic E-state index is 0.444. The van der Waals surface area contributed by atoms with Gasteiger partial charge in [-0.1, -0.05) is 0 Å². The first-order chi connectivity index (χ1) is 3.36. The second-order valence-electron chi connectivity index (χ2n) is 2.36. The Bertz CT molecular complexity index is 115. The Labute approximate surface area is 42.1 Å². The Hall–Kier alpha value is -0.370. The van der Waals surface area contributed by atoms with Crippen LogP contribution in [-0.4, -0.2) is 30.3 Å². The fourth-order valence-electron chi connectivity index (χ4n) is 1.25. The molecule has 3 saturated heterocycles. The molecule has 3 fully saturated rings. The van der Waals surface area contributed by atoms with E-state index in [1.165, 1.54) is 0 Å². The average molecular weight is 97.1 g/mol. The summed E-state index contributed by atoms with van der Waals surface area (Å²) in [5, 5.41) is 0. The Kier molecular flexibility index (Phi) is 0.460. The molecule has 0 aromatic rings. The fraction of sp³-hybridized carbons (Fsp3) is 0.800. The first-order valence-corrected chi connectivity index (χ1v) is 2.61. The summed E-state index contributed by atoms with van der Waals surface area (Å²) in [4.78, 5) is 12.7. The summed E-state index contributed by atoms with van der Waals surface area (Å²) < 4.78 is 0. The number of nitrogens with zero attached hydrogens (tertiary/aromatic N) is 1. The molecule has 0 amide bonds. The number of Topliss-reactive ketones (excluding diaryl/α,β-unsaturated/α-hetero) is 1. The lowest BCUT2D eigenvalue weighted by atomic mass is 10.1. The van der Waals surface area contributed by atoms with Crippen molar-refractivity contribution in [2.45, 2.75) is 0 Å². The monoisotopic (exact) mass is 97.1 g/mol. The lowest BCUT2D eigenvalue weighted by Gasteiger charge is -2.23. The van der Waals surface area contributed by atoms with Crippen LogP contribution < -0.4 is 0 Å². The highest BCUT2D eigenvalue weighted by Crippen LogP contribution is 2.23. The topological polar surface area (TPSA) is 20.3 Å². The number of carbonyl (C=O) groups excluding carboxylic acids is 1. The average Bonchev–Trinajstić information content (AvgIpc) is 1.85. The van der Waals surface area contributed by atoms with Gasteiger partial charge >= 0.3 is 0 Å². The van der Waals surface area contributed by atoms with Gasteiger partial charge in [0.05, 0.1) is 6.54 Å². The highest BCUT2D eigenvalue weighted by Gasteiger charge is 2.40. The molecule has 3 rings (SSSR count). The fourth-order valence-corrected chi connectivity index (χ4v) is 1.25. The first-order valence-electron chi connectivity index (χ1n) is 2.61. The summed E-state index contributed by atoms with van der Waals surface area (Å²) in [5.41, 5.74) is 0. The molecule has 2 nitrogen and oxygen atoms in total. The van der Waals surface area contributed by atoms with Crippen LogP contribution in [0.3, 0.4) is 0 Å². The van der Waals surface area contributed by atoms with Gasteiger partial charge in [-0.15, -0.1) is 0 Å². The minimum Gasteiger partial charge on any atom is -0.298 e. The van der Waals surface area contributed by atoms with E-state index in [1.54, 1.807) is 0 Å². The van der Waals surface area contributed by atoms with Crippen molar-refractivity contribution < 1.29 is 4.79 Å². The molecule has 0 aromatic heterocycles. The van der Waals surface area contributed by atoms with Crippen LogP contribution in [0.5, 0.6) is 0 Å². The normalized spacial score (nSPS) is 46.6. The third-order valence-corrected chi connectivity index (χ3v) is 1.79. The van der Waals surface area contributed by atoms with E-state index in [-0.39, 0.29) is 0 Å². The number of carbonyl (C=O) groups is 1. The van der Waals surface area contributed by atoms with Crippen molar-refractivity contribution in [1.29, 1.82) is 0 Å². The molecule has 0 aromatic carbocycles. The van der Waals surface area contributed by atoms with E-state index in [2.05, 4.69) is 4.90 Å². The molecule has 3 heterocycles. The first kappa shape index (κ1) is 3.61. The second-order valence-corrected chi connectivity index (χ2v) is 2.36. The molecule has 0 N–H and O–H groups in total. The Morgan fingerprint density at radius 3 is 2.43 bits per heavy atom. The number of hydrogen-bond acceptors (Lipinski definition) is 2. The van der Waals surface area contributed by atoms with E-state index in [0.717, 1.165) is 19.6 Å². The van der Waals surface area contributed by atoms with Crippen molar-refractivity contribution in [2.75, 3.05) is 19.6 Å². The largest absolute Gasteiger partial charge is 0.298 e. The molecule has 2 bridgehead atoms. The maximum atomic E-state index is 10.6. The lowest BCUT2D eigenvalue weighted by molar-refractivity contribution is -0.118. The molecule has 3 aliphatic heterocycles. The maximum absolute atomic E-state index is 10.6. The highest BCUT2D eigenvalue weighted by molar-refractivity contribution is 5.87. The summed E-state index contributed by atoms with van der Waals surface area (Å²) in [6, 6.07) is 0. The van der Waals surface area contributed by atoms with Crippen LogP contribution in [0.2, 0.25) is 0 Å². The molecule has 3 aliphatic rings. The van der Waals surface area contributed by atoms with E-state index < -0.39 is 0 Å². The van der Waals surface area contributed by atoms with Gasteiger partial charge in [-0.25, -0.2) is 0 Å². The van der Waals surface area contributed by atoms with Crippen LogP contribution in [0.4, 0.5) is 0 Å². The molecule has 0 atom stereocenters. The van der Waals surface area contributed by atoms with Crippen LogP contribution in [0.15, 0.2) is 0 Å². The summed E-state index contributed by atoms with van der Waals surface area (Å²) in [6.45, 7) is 2.85. The van der Waals surface area contributed by atoms with Crippen LogP contribution in [0, 0.1) is 5.92 Å². The van der Waals surface area contributed by atoms with E-state index >= 15 is 0 Å². The molecule has 38 valence electrons. The van der Waals surface area contributed by atoms with Gasteiger partial charge in [0.25, 0.3) is 0 Å². The van der Waals surface area contributed by atoms with Gasteiger partial charge in [-0.3, -0.25) is 9.69 Å². The molecule has 0 radical (unpaired) electrons. The highest BCUT2D eigenvalue weighted by atomic mass is 16.1. The van der Waals surface area contributed by atoms with Gasteiger partial charge < -0.3 is 0 Å². The summed E-state index contributed by atoms with van der Waals surface area (Å²) in [5.74, 6) is 0.903. The lowest BCUT2D eigenvalue weighted by Crippen LogP contribution is -2.36. The van der Waals surface area contributed by atoms with Gasteiger partial charge in [0.1, 0.15) is 0 Å². The zero-order valence-corrected chi connectivity index (χ0v) is 4.05. The number of fused-ring (bicyclic) bond motifs is 1. The van der Waals surface area contributed by atoms with Crippen LogP contribution >= 0.6 is 0 Å². The third kappa shape index (κ3) is 0.304. The predicted molar refractivity (Wildman–Crippen MR) is 24.9 cm³/mol. The zero-order valence-electron chi connectivity index (χ0n) is 4.05. The van der Waals surface area contributed by atoms with Crippen molar-refractivity contribution in [3.05, 3.63) is 0 Å². The minimum absolute atomic E-state index is 0.444. The van der Waals surface area contributed by atoms with E-state index in [1.807, 2.05) is 0 Å². The smallest absolute Gasteiger partial charge is 0.152 e. The molecule has 0 saturated carbocycles.